The Hall–Kier alpha value is -4.37. The normalized spacial score (nSPS) is 12.7. The molecule has 0 unspecified atom stereocenters. The van der Waals surface area contributed by atoms with Gasteiger partial charge in [0.1, 0.15) is 17.6 Å². The molecule has 1 saturated carbocycles. The van der Waals surface area contributed by atoms with Crippen LogP contribution >= 0.6 is 0 Å². The highest BCUT2D eigenvalue weighted by molar-refractivity contribution is 6.06. The number of nitrogens with zero attached hydrogens (tertiary/aromatic N) is 4. The second kappa shape index (κ2) is 9.63. The number of hydrogen-bond donors (Lipinski definition) is 0. The number of carbonyl (C=O) groups excluding carboxylic acids is 1. The zero-order chi connectivity index (χ0) is 23.3. The number of amides is 1. The average molecular weight is 449 g/mol. The number of hydrogen-bond acceptors (Lipinski definition) is 4. The molecule has 168 valence electrons. The van der Waals surface area contributed by atoms with Crippen LogP contribution in [-0.4, -0.2) is 22.0 Å². The zero-order valence-electron chi connectivity index (χ0n) is 18.7. The molecule has 0 radical (unpaired) electrons. The quantitative estimate of drug-likeness (QED) is 0.349. The first-order valence-electron chi connectivity index (χ1n) is 11.3. The largest absolute Gasteiger partial charge is 0.456 e. The monoisotopic (exact) mass is 448 g/mol. The minimum absolute atomic E-state index is 0.0575. The van der Waals surface area contributed by atoms with Crippen LogP contribution in [0.2, 0.25) is 0 Å². The van der Waals surface area contributed by atoms with Crippen LogP contribution < -0.4 is 9.64 Å². The Morgan fingerprint density at radius 1 is 1.09 bits per heavy atom. The Kier molecular flexibility index (Phi) is 6.09. The molecular formula is C28H24N4O2. The van der Waals surface area contributed by atoms with Gasteiger partial charge in [0, 0.05) is 36.7 Å². The molecule has 1 fully saturated rings. The molecule has 3 aromatic carbocycles. The molecule has 6 heteroatoms. The first-order chi connectivity index (χ1) is 16.7. The maximum Gasteiger partial charge on any atom is 0.258 e. The van der Waals surface area contributed by atoms with E-state index in [0.29, 0.717) is 41.6 Å². The molecule has 0 bridgehead atoms. The van der Waals surface area contributed by atoms with Gasteiger partial charge in [-0.2, -0.15) is 5.26 Å². The van der Waals surface area contributed by atoms with Gasteiger partial charge in [0.15, 0.2) is 0 Å². The molecule has 5 rings (SSSR count). The molecule has 1 aliphatic rings. The van der Waals surface area contributed by atoms with Crippen LogP contribution in [0.15, 0.2) is 91.5 Å². The van der Waals surface area contributed by atoms with Gasteiger partial charge in [-0.1, -0.05) is 30.3 Å². The summed E-state index contributed by atoms with van der Waals surface area (Å²) in [5.74, 6) is 1.47. The minimum Gasteiger partial charge on any atom is -0.456 e. The van der Waals surface area contributed by atoms with Gasteiger partial charge >= 0.3 is 0 Å². The Balaban J connectivity index is 1.39. The third-order valence-corrected chi connectivity index (χ3v) is 5.85. The van der Waals surface area contributed by atoms with Crippen molar-refractivity contribution < 1.29 is 9.53 Å². The summed E-state index contributed by atoms with van der Waals surface area (Å²) in [4.78, 5) is 19.4. The number of anilines is 1. The van der Waals surface area contributed by atoms with Gasteiger partial charge in [0.25, 0.3) is 5.91 Å². The lowest BCUT2D eigenvalue weighted by molar-refractivity contribution is 0.0985. The van der Waals surface area contributed by atoms with E-state index in [-0.39, 0.29) is 5.91 Å². The van der Waals surface area contributed by atoms with Gasteiger partial charge in [-0.25, -0.2) is 4.98 Å². The van der Waals surface area contributed by atoms with Gasteiger partial charge in [0.05, 0.1) is 11.9 Å². The van der Waals surface area contributed by atoms with Crippen LogP contribution in [0, 0.1) is 17.2 Å². The molecular weight excluding hydrogens is 424 g/mol. The number of rotatable bonds is 8. The summed E-state index contributed by atoms with van der Waals surface area (Å²) in [5.41, 5.74) is 2.87. The summed E-state index contributed by atoms with van der Waals surface area (Å²) in [6.07, 6.45) is 7.67. The van der Waals surface area contributed by atoms with Crippen LogP contribution in [0.5, 0.6) is 11.5 Å². The third kappa shape index (κ3) is 5.00. The third-order valence-electron chi connectivity index (χ3n) is 5.85. The van der Waals surface area contributed by atoms with E-state index < -0.39 is 0 Å². The number of aromatic nitrogens is 2. The van der Waals surface area contributed by atoms with Crippen LogP contribution in [-0.2, 0) is 6.54 Å². The van der Waals surface area contributed by atoms with E-state index >= 15 is 0 Å². The molecule has 1 amide bonds. The molecule has 0 atom stereocenters. The number of imidazole rings is 1. The van der Waals surface area contributed by atoms with E-state index in [1.165, 1.54) is 0 Å². The first-order valence-corrected chi connectivity index (χ1v) is 11.3. The minimum atomic E-state index is -0.0575. The number of ether oxygens (including phenoxy) is 1. The molecule has 6 nitrogen and oxygen atoms in total. The molecule has 1 aromatic heterocycles. The highest BCUT2D eigenvalue weighted by Crippen LogP contribution is 2.33. The van der Waals surface area contributed by atoms with Crippen molar-refractivity contribution in [1.82, 2.24) is 9.55 Å². The number of nitriles is 1. The Morgan fingerprint density at radius 2 is 1.94 bits per heavy atom. The van der Waals surface area contributed by atoms with Gasteiger partial charge in [0.2, 0.25) is 0 Å². The smallest absolute Gasteiger partial charge is 0.258 e. The van der Waals surface area contributed by atoms with E-state index in [2.05, 4.69) is 11.1 Å². The second-order valence-electron chi connectivity index (χ2n) is 8.50. The second-order valence-corrected chi connectivity index (χ2v) is 8.50. The summed E-state index contributed by atoms with van der Waals surface area (Å²) >= 11 is 0. The number of carbonyl (C=O) groups is 1. The SMILES string of the molecule is N#Cc1ccc(Cn2ccnc2)cc1Oc1cccc(C(=O)N(CC2CC2)c2ccccc2)c1. The van der Waals surface area contributed by atoms with Crippen molar-refractivity contribution in [3.63, 3.8) is 0 Å². The predicted molar refractivity (Wildman–Crippen MR) is 130 cm³/mol. The molecule has 34 heavy (non-hydrogen) atoms. The number of para-hydroxylation sites is 1. The first kappa shape index (κ1) is 21.5. The highest BCUT2D eigenvalue weighted by atomic mass is 16.5. The lowest BCUT2D eigenvalue weighted by Gasteiger charge is -2.23. The zero-order valence-corrected chi connectivity index (χ0v) is 18.7. The molecule has 0 saturated heterocycles. The Labute approximate surface area is 198 Å². The van der Waals surface area contributed by atoms with Crippen LogP contribution in [0.3, 0.4) is 0 Å². The van der Waals surface area contributed by atoms with Gasteiger partial charge in [-0.15, -0.1) is 0 Å². The van der Waals surface area contributed by atoms with Crippen LogP contribution in [0.1, 0.15) is 34.3 Å². The Morgan fingerprint density at radius 3 is 2.68 bits per heavy atom. The van der Waals surface area contributed by atoms with Gasteiger partial charge in [-0.3, -0.25) is 4.79 Å². The fourth-order valence-electron chi connectivity index (χ4n) is 3.88. The van der Waals surface area contributed by atoms with Crippen molar-refractivity contribution in [2.45, 2.75) is 19.4 Å². The van der Waals surface area contributed by atoms with E-state index in [0.717, 1.165) is 24.1 Å². The number of benzene rings is 3. The predicted octanol–water partition coefficient (Wildman–Crippen LogP) is 5.65. The van der Waals surface area contributed by atoms with E-state index in [4.69, 9.17) is 4.74 Å². The molecule has 1 aliphatic carbocycles. The van der Waals surface area contributed by atoms with Crippen LogP contribution in [0.25, 0.3) is 0 Å². The van der Waals surface area contributed by atoms with Crippen molar-refractivity contribution in [1.29, 1.82) is 5.26 Å². The molecule has 0 aliphatic heterocycles. The Bertz CT molecular complexity index is 1320. The van der Waals surface area contributed by atoms with Gasteiger partial charge in [-0.05, 0) is 66.8 Å². The van der Waals surface area contributed by atoms with E-state index in [1.54, 1.807) is 36.8 Å². The molecule has 4 aromatic rings. The van der Waals surface area contributed by atoms with Gasteiger partial charge < -0.3 is 14.2 Å². The highest BCUT2D eigenvalue weighted by Gasteiger charge is 2.28. The molecule has 0 spiro atoms. The van der Waals surface area contributed by atoms with E-state index in [9.17, 15) is 10.1 Å². The van der Waals surface area contributed by atoms with Crippen molar-refractivity contribution in [2.75, 3.05) is 11.4 Å². The van der Waals surface area contributed by atoms with E-state index in [1.807, 2.05) is 64.2 Å². The maximum atomic E-state index is 13.5. The topological polar surface area (TPSA) is 71.1 Å². The van der Waals surface area contributed by atoms with Crippen molar-refractivity contribution >= 4 is 11.6 Å². The summed E-state index contributed by atoms with van der Waals surface area (Å²) in [6, 6.07) is 24.6. The molecule has 0 N–H and O–H groups in total. The fraction of sp³-hybridized carbons (Fsp3) is 0.179. The summed E-state index contributed by atoms with van der Waals surface area (Å²) < 4.78 is 8.06. The van der Waals surface area contributed by atoms with Crippen molar-refractivity contribution in [3.8, 4) is 17.6 Å². The molecule has 1 heterocycles. The summed E-state index contributed by atoms with van der Waals surface area (Å²) in [5, 5.41) is 9.57. The standard InChI is InChI=1S/C28H24N4O2/c29-17-24-12-11-22(18-31-14-13-30-20-31)15-27(24)34-26-8-4-5-23(16-26)28(33)32(19-21-9-10-21)25-6-2-1-3-7-25/h1-8,11-16,20-21H,9-10,18-19H2. The lowest BCUT2D eigenvalue weighted by Crippen LogP contribution is -2.32. The average Bonchev–Trinajstić information content (AvgIpc) is 3.56. The summed E-state index contributed by atoms with van der Waals surface area (Å²) in [6.45, 7) is 1.33. The van der Waals surface area contributed by atoms with Crippen molar-refractivity contribution in [3.05, 3.63) is 108 Å². The van der Waals surface area contributed by atoms with Crippen molar-refractivity contribution in [2.24, 2.45) is 5.92 Å². The maximum absolute atomic E-state index is 13.5. The lowest BCUT2D eigenvalue weighted by atomic mass is 10.1. The summed E-state index contributed by atoms with van der Waals surface area (Å²) in [7, 11) is 0. The van der Waals surface area contributed by atoms with Crippen LogP contribution in [0.4, 0.5) is 5.69 Å². The fourth-order valence-corrected chi connectivity index (χ4v) is 3.88.